The number of hydrogen-bond acceptors (Lipinski definition) is 4. The lowest BCUT2D eigenvalue weighted by atomic mass is 9.92. The number of nitrogens with one attached hydrogen (secondary N) is 1. The Morgan fingerprint density at radius 2 is 2.04 bits per heavy atom. The first-order valence-electron chi connectivity index (χ1n) is 9.70. The number of aliphatic carboxylic acids is 1. The van der Waals surface area contributed by atoms with Crippen LogP contribution < -0.4 is 10.1 Å². The summed E-state index contributed by atoms with van der Waals surface area (Å²) in [5, 5.41) is 18.8. The van der Waals surface area contributed by atoms with Crippen molar-refractivity contribution < 1.29 is 28.7 Å². The molecule has 3 N–H and O–H groups in total. The van der Waals surface area contributed by atoms with E-state index in [1.54, 1.807) is 12.1 Å². The van der Waals surface area contributed by atoms with Crippen molar-refractivity contribution in [2.24, 2.45) is 5.92 Å². The Morgan fingerprint density at radius 3 is 2.59 bits per heavy atom. The van der Waals surface area contributed by atoms with E-state index < -0.39 is 24.8 Å². The van der Waals surface area contributed by atoms with Gasteiger partial charge in [-0.2, -0.15) is 0 Å². The number of rotatable bonds is 5. The van der Waals surface area contributed by atoms with E-state index in [2.05, 4.69) is 15.9 Å². The molecule has 0 saturated carbocycles. The number of aliphatic hydroxyl groups excluding tert-OH is 1. The van der Waals surface area contributed by atoms with E-state index in [1.165, 1.54) is 0 Å². The monoisotopic (exact) mass is 438 g/mol. The van der Waals surface area contributed by atoms with E-state index >= 15 is 0 Å². The van der Waals surface area contributed by atoms with Gasteiger partial charge in [0.1, 0.15) is 5.75 Å². The lowest BCUT2D eigenvalue weighted by molar-refractivity contribution is -0.142. The number of carbonyl (C=O) groups excluding carboxylic acids is 1. The van der Waals surface area contributed by atoms with Crippen LogP contribution in [0.5, 0.6) is 5.75 Å². The fourth-order valence-electron chi connectivity index (χ4n) is 2.65. The van der Waals surface area contributed by atoms with Crippen molar-refractivity contribution in [1.82, 2.24) is 5.32 Å². The van der Waals surface area contributed by atoms with Gasteiger partial charge < -0.3 is 20.3 Å². The maximum Gasteiger partial charge on any atom is 0.309 e. The highest BCUT2D eigenvalue weighted by atomic mass is 79.9. The van der Waals surface area contributed by atoms with Gasteiger partial charge in [-0.3, -0.25) is 9.59 Å². The number of hydrogen-bond donors (Lipinski definition) is 3. The molecule has 2 aromatic carbocycles. The molecule has 3 rings (SSSR count). The normalized spacial score (nSPS) is 17.7. The molecule has 2 unspecified atom stereocenters. The predicted molar refractivity (Wildman–Crippen MR) is 106 cm³/mol. The van der Waals surface area contributed by atoms with Crippen LogP contribution in [-0.2, 0) is 4.79 Å². The first-order chi connectivity index (χ1) is 14.2. The van der Waals surface area contributed by atoms with E-state index in [4.69, 9.17) is 19.1 Å². The number of aliphatic hydroxyl groups is 1. The summed E-state index contributed by atoms with van der Waals surface area (Å²) in [6, 6.07) is 15.1. The van der Waals surface area contributed by atoms with Crippen LogP contribution in [0, 0.1) is 5.92 Å². The Morgan fingerprint density at radius 1 is 1.30 bits per heavy atom. The van der Waals surface area contributed by atoms with Gasteiger partial charge in [-0.25, -0.2) is 0 Å². The van der Waals surface area contributed by atoms with Crippen LogP contribution in [0.3, 0.4) is 0 Å². The van der Waals surface area contributed by atoms with Crippen molar-refractivity contribution in [1.29, 1.82) is 0 Å². The van der Waals surface area contributed by atoms with Gasteiger partial charge in [0, 0.05) is 27.9 Å². The van der Waals surface area contributed by atoms with Crippen LogP contribution in [0.25, 0.3) is 0 Å². The van der Waals surface area contributed by atoms with E-state index in [0.29, 0.717) is 17.7 Å². The van der Waals surface area contributed by atoms with Gasteiger partial charge in [-0.1, -0.05) is 58.4 Å². The third-order valence-corrected chi connectivity index (χ3v) is 4.91. The second-order valence-electron chi connectivity index (χ2n) is 5.82. The highest BCUT2D eigenvalue weighted by molar-refractivity contribution is 9.09. The standard InChI is InChI=1S/C16H15NO2.C4H7BrO3/c1-17-16(18)13-9-5-8-12-14(10-19-15(12)13)11-6-3-2-4-7-11;5-1-3(2-6)4(7)8/h2-9,14H,10H2,1H3,(H,17,18);3,6H,1-2H2,(H,7,8)/i1D3;. The van der Waals surface area contributed by atoms with Crippen LogP contribution in [0.2, 0.25) is 0 Å². The van der Waals surface area contributed by atoms with Gasteiger partial charge in [-0.05, 0) is 11.6 Å². The summed E-state index contributed by atoms with van der Waals surface area (Å²) < 4.78 is 27.1. The van der Waals surface area contributed by atoms with E-state index in [-0.39, 0.29) is 18.1 Å². The molecular weight excluding hydrogens is 414 g/mol. The quantitative estimate of drug-likeness (QED) is 0.623. The molecule has 27 heavy (non-hydrogen) atoms. The van der Waals surface area contributed by atoms with Crippen molar-refractivity contribution in [2.45, 2.75) is 5.92 Å². The second-order valence-corrected chi connectivity index (χ2v) is 6.47. The summed E-state index contributed by atoms with van der Waals surface area (Å²) in [5.74, 6) is -1.75. The molecule has 7 heteroatoms. The number of para-hydroxylation sites is 1. The Labute approximate surface area is 170 Å². The zero-order valence-electron chi connectivity index (χ0n) is 17.4. The number of alkyl halides is 1. The van der Waals surface area contributed by atoms with Gasteiger partial charge in [0.15, 0.2) is 0 Å². The van der Waals surface area contributed by atoms with Gasteiger partial charge in [0.2, 0.25) is 0 Å². The number of ether oxygens (including phenoxy) is 1. The highest BCUT2D eigenvalue weighted by Crippen LogP contribution is 2.40. The molecule has 1 heterocycles. The fourth-order valence-corrected chi connectivity index (χ4v) is 3.13. The minimum Gasteiger partial charge on any atom is -0.491 e. The number of fused-ring (bicyclic) bond motifs is 1. The maximum atomic E-state index is 12.1. The van der Waals surface area contributed by atoms with Crippen molar-refractivity contribution in [3.8, 4) is 5.75 Å². The first-order valence-corrected chi connectivity index (χ1v) is 9.33. The minimum absolute atomic E-state index is 0.0525. The van der Waals surface area contributed by atoms with Crippen LogP contribution >= 0.6 is 15.9 Å². The molecule has 0 bridgehead atoms. The molecule has 0 spiro atoms. The topological polar surface area (TPSA) is 95.9 Å². The molecule has 144 valence electrons. The third-order valence-electron chi connectivity index (χ3n) is 4.13. The SMILES string of the molecule is O=C(O)C(CO)CBr.[2H]C([2H])([2H])NC(=O)c1cccc2c1OCC2c1ccccc1. The Balaban J connectivity index is 0.000000343. The smallest absolute Gasteiger partial charge is 0.309 e. The lowest BCUT2D eigenvalue weighted by Crippen LogP contribution is -2.18. The van der Waals surface area contributed by atoms with E-state index in [9.17, 15) is 9.59 Å². The number of benzene rings is 2. The number of carboxylic acids is 1. The molecule has 0 fully saturated rings. The lowest BCUT2D eigenvalue weighted by Gasteiger charge is -2.09. The van der Waals surface area contributed by atoms with Gasteiger partial charge in [0.05, 0.1) is 24.7 Å². The number of halogens is 1. The Hall–Kier alpha value is -2.38. The molecule has 6 nitrogen and oxygen atoms in total. The van der Waals surface area contributed by atoms with Crippen molar-refractivity contribution in [3.05, 3.63) is 65.2 Å². The van der Waals surface area contributed by atoms with Crippen LogP contribution in [-0.4, -0.2) is 47.6 Å². The summed E-state index contributed by atoms with van der Waals surface area (Å²) in [6.45, 7) is -2.38. The highest BCUT2D eigenvalue weighted by Gasteiger charge is 2.29. The number of carbonyl (C=O) groups is 2. The van der Waals surface area contributed by atoms with Crippen molar-refractivity contribution in [3.63, 3.8) is 0 Å². The molecule has 1 aliphatic rings. The largest absolute Gasteiger partial charge is 0.491 e. The van der Waals surface area contributed by atoms with Crippen LogP contribution in [0.4, 0.5) is 0 Å². The third kappa shape index (κ3) is 5.08. The van der Waals surface area contributed by atoms with Gasteiger partial charge >= 0.3 is 5.97 Å². The summed E-state index contributed by atoms with van der Waals surface area (Å²) in [6.07, 6.45) is 0. The van der Waals surface area contributed by atoms with Crippen LogP contribution in [0.1, 0.15) is 31.5 Å². The first kappa shape index (κ1) is 16.8. The van der Waals surface area contributed by atoms with Gasteiger partial charge in [0.25, 0.3) is 5.91 Å². The number of carboxylic acid groups (broad SMARTS) is 1. The molecule has 0 aromatic heterocycles. The fraction of sp³-hybridized carbons (Fsp3) is 0.300. The van der Waals surface area contributed by atoms with Crippen molar-refractivity contribution in [2.75, 3.05) is 25.5 Å². The Kier molecular flexibility index (Phi) is 6.26. The van der Waals surface area contributed by atoms with Crippen molar-refractivity contribution >= 4 is 27.8 Å². The molecule has 1 amide bonds. The average molecular weight is 439 g/mol. The molecule has 1 aliphatic heterocycles. The second kappa shape index (κ2) is 10.1. The molecular formula is C20H22BrNO5. The molecule has 0 aliphatic carbocycles. The maximum absolute atomic E-state index is 12.1. The summed E-state index contributed by atoms with van der Waals surface area (Å²) >= 11 is 2.94. The summed E-state index contributed by atoms with van der Waals surface area (Å²) in [4.78, 5) is 22.1. The molecule has 0 saturated heterocycles. The average Bonchev–Trinajstić information content (AvgIpc) is 3.12. The Bertz CT molecular complexity index is 872. The predicted octanol–water partition coefficient (Wildman–Crippen LogP) is 2.64. The molecule has 2 aromatic rings. The van der Waals surface area contributed by atoms with E-state index in [1.807, 2.05) is 41.7 Å². The molecule has 0 radical (unpaired) electrons. The van der Waals surface area contributed by atoms with Gasteiger partial charge in [-0.15, -0.1) is 0 Å². The zero-order chi connectivity index (χ0) is 22.3. The number of amides is 1. The molecule has 2 atom stereocenters. The van der Waals surface area contributed by atoms with Crippen LogP contribution in [0.15, 0.2) is 48.5 Å². The minimum atomic E-state index is -2.52. The van der Waals surface area contributed by atoms with E-state index in [0.717, 1.165) is 11.1 Å². The zero-order valence-corrected chi connectivity index (χ0v) is 16.0. The summed E-state index contributed by atoms with van der Waals surface area (Å²) in [7, 11) is 0. The summed E-state index contributed by atoms with van der Waals surface area (Å²) in [5.41, 5.74) is 2.27.